The molecule has 1 aliphatic heterocycles. The van der Waals surface area contributed by atoms with Gasteiger partial charge < -0.3 is 89.7 Å². The zero-order valence-electron chi connectivity index (χ0n) is 30.5. The van der Waals surface area contributed by atoms with Crippen molar-refractivity contribution in [3.63, 3.8) is 0 Å². The molecule has 0 radical (unpaired) electrons. The van der Waals surface area contributed by atoms with E-state index in [4.69, 9.17) is 28.4 Å². The molecular formula is C37H32O23. The second-order valence-corrected chi connectivity index (χ2v) is 12.9. The predicted molar refractivity (Wildman–Crippen MR) is 189 cm³/mol. The number of carbonyl (C=O) groups excluding carboxylic acids is 5. The lowest BCUT2D eigenvalue weighted by molar-refractivity contribution is -0.340. The Morgan fingerprint density at radius 1 is 0.500 bits per heavy atom. The highest BCUT2D eigenvalue weighted by Gasteiger charge is 2.60. The van der Waals surface area contributed by atoms with Crippen LogP contribution in [0.1, 0.15) is 55.3 Å². The molecule has 5 unspecified atom stereocenters. The minimum atomic E-state index is -2.71. The van der Waals surface area contributed by atoms with Gasteiger partial charge in [-0.2, -0.15) is 0 Å². The van der Waals surface area contributed by atoms with Crippen molar-refractivity contribution in [2.75, 3.05) is 6.61 Å². The summed E-state index contributed by atoms with van der Waals surface area (Å²) in [6.07, 6.45) is -9.02. The summed E-state index contributed by atoms with van der Waals surface area (Å²) in [6.45, 7) is 0.620. The molecule has 23 heteroatoms. The van der Waals surface area contributed by atoms with Crippen LogP contribution in [-0.4, -0.2) is 128 Å². The fourth-order valence-corrected chi connectivity index (χ4v) is 5.76. The number of benzene rings is 4. The summed E-state index contributed by atoms with van der Waals surface area (Å²) in [5.41, 5.74) is -2.77. The summed E-state index contributed by atoms with van der Waals surface area (Å²) < 4.78 is 33.3. The third kappa shape index (κ3) is 8.69. The lowest BCUT2D eigenvalue weighted by Gasteiger charge is -2.48. The summed E-state index contributed by atoms with van der Waals surface area (Å²) in [5.74, 6) is -22.4. The van der Waals surface area contributed by atoms with E-state index >= 15 is 0 Å². The second kappa shape index (κ2) is 16.3. The normalized spacial score (nSPS) is 19.7. The van der Waals surface area contributed by atoms with Gasteiger partial charge in [0.15, 0.2) is 81.2 Å². The van der Waals surface area contributed by atoms with Crippen molar-refractivity contribution in [2.24, 2.45) is 0 Å². The molecule has 5 atom stereocenters. The molecule has 60 heavy (non-hydrogen) atoms. The first kappa shape index (κ1) is 42.9. The second-order valence-electron chi connectivity index (χ2n) is 12.9. The van der Waals surface area contributed by atoms with Gasteiger partial charge in [0, 0.05) is 13.8 Å². The van der Waals surface area contributed by atoms with E-state index in [9.17, 15) is 85.3 Å². The van der Waals surface area contributed by atoms with Crippen LogP contribution in [0.15, 0.2) is 48.5 Å². The van der Waals surface area contributed by atoms with Crippen LogP contribution in [-0.2, 0) is 33.2 Å². The Labute approximate surface area is 333 Å². The number of hydrogen-bond acceptors (Lipinski definition) is 23. The summed E-state index contributed by atoms with van der Waals surface area (Å²) in [6, 6.07) is 4.95. The molecular weight excluding hydrogens is 812 g/mol. The zero-order valence-corrected chi connectivity index (χ0v) is 30.5. The molecule has 1 fully saturated rings. The van der Waals surface area contributed by atoms with Crippen molar-refractivity contribution in [1.29, 1.82) is 0 Å². The highest BCUT2D eigenvalue weighted by molar-refractivity contribution is 5.94. The Morgan fingerprint density at radius 3 is 1.13 bits per heavy atom. The van der Waals surface area contributed by atoms with Gasteiger partial charge in [-0.15, -0.1) is 0 Å². The van der Waals surface area contributed by atoms with E-state index in [1.54, 1.807) is 0 Å². The van der Waals surface area contributed by atoms with Gasteiger partial charge in [0.05, 0.1) is 22.3 Å². The summed E-state index contributed by atoms with van der Waals surface area (Å²) >= 11 is 0. The van der Waals surface area contributed by atoms with Gasteiger partial charge in [-0.25, -0.2) is 19.2 Å². The number of phenols is 12. The molecule has 1 heterocycles. The van der Waals surface area contributed by atoms with Crippen molar-refractivity contribution >= 4 is 29.8 Å². The topological polar surface area (TPSA) is 383 Å². The Morgan fingerprint density at radius 2 is 0.800 bits per heavy atom. The van der Waals surface area contributed by atoms with Gasteiger partial charge in [-0.1, -0.05) is 0 Å². The van der Waals surface area contributed by atoms with Crippen LogP contribution in [0.25, 0.3) is 0 Å². The molecule has 0 spiro atoms. The highest BCUT2D eigenvalue weighted by atomic mass is 16.8. The minimum absolute atomic E-state index is 0.591. The quantitative estimate of drug-likeness (QED) is 0.0613. The largest absolute Gasteiger partial charge is 0.504 e. The maximum absolute atomic E-state index is 13.8. The van der Waals surface area contributed by atoms with Crippen LogP contribution in [0, 0.1) is 0 Å². The maximum atomic E-state index is 13.8. The number of aromatic hydroxyl groups is 12. The van der Waals surface area contributed by atoms with Crippen molar-refractivity contribution in [2.45, 2.75) is 44.1 Å². The van der Waals surface area contributed by atoms with E-state index in [1.165, 1.54) is 0 Å². The first-order valence-electron chi connectivity index (χ1n) is 16.7. The van der Waals surface area contributed by atoms with Gasteiger partial charge in [-0.3, -0.25) is 4.79 Å². The standard InChI is InChI=1S/C37H32O23/c1-12(38)59-37(2)32(58-36(54)16-9-23(45)29(50)24(46)10-16)31(57-35(53)15-7-21(43)28(49)22(44)8-15)30(56-34(52)14-5-19(41)27(48)20(42)6-14)25(60-37)11-55-33(51)13-3-17(39)26(47)18(40)4-13/h3-10,25,30-32,39-50H,11H2,1-2H3. The van der Waals surface area contributed by atoms with Gasteiger partial charge in [0.2, 0.25) is 6.10 Å². The minimum Gasteiger partial charge on any atom is -0.504 e. The third-order valence-electron chi connectivity index (χ3n) is 8.56. The number of carbonyl (C=O) groups is 5. The van der Waals surface area contributed by atoms with Crippen molar-refractivity contribution in [1.82, 2.24) is 0 Å². The summed E-state index contributed by atoms with van der Waals surface area (Å²) in [5, 5.41) is 120. The Hall–Kier alpha value is -8.21. The van der Waals surface area contributed by atoms with Crippen LogP contribution in [0.2, 0.25) is 0 Å². The molecule has 0 bridgehead atoms. The average molecular weight is 845 g/mol. The number of phenolic OH excluding ortho intramolecular Hbond substituents is 12. The molecule has 318 valence electrons. The molecule has 23 nitrogen and oxygen atoms in total. The fraction of sp³-hybridized carbons (Fsp3) is 0.216. The zero-order chi connectivity index (χ0) is 44.5. The van der Waals surface area contributed by atoms with Crippen LogP contribution in [0.3, 0.4) is 0 Å². The van der Waals surface area contributed by atoms with Crippen LogP contribution >= 0.6 is 0 Å². The molecule has 4 aromatic rings. The van der Waals surface area contributed by atoms with Gasteiger partial charge in [-0.05, 0) is 48.5 Å². The summed E-state index contributed by atoms with van der Waals surface area (Å²) in [4.78, 5) is 66.8. The van der Waals surface area contributed by atoms with Gasteiger partial charge in [0.1, 0.15) is 12.7 Å². The van der Waals surface area contributed by atoms with E-state index < -0.39 is 158 Å². The molecule has 0 aromatic heterocycles. The van der Waals surface area contributed by atoms with Crippen LogP contribution in [0.4, 0.5) is 0 Å². The Bertz CT molecular complexity index is 2310. The number of rotatable bonds is 10. The first-order chi connectivity index (χ1) is 28.0. The Kier molecular flexibility index (Phi) is 11.7. The third-order valence-corrected chi connectivity index (χ3v) is 8.56. The number of hydrogen-bond donors (Lipinski definition) is 12. The SMILES string of the molecule is CC(=O)OC1(C)OC(COC(=O)c2cc(O)c(O)c(O)c2)C(OC(=O)c2cc(O)c(O)c(O)c2)C(OC(=O)c2cc(O)c(O)c(O)c2)C1OC(=O)c1cc(O)c(O)c(O)c1. The smallest absolute Gasteiger partial charge is 0.339 e. The summed E-state index contributed by atoms with van der Waals surface area (Å²) in [7, 11) is 0. The molecule has 0 amide bonds. The molecule has 1 aliphatic rings. The lowest BCUT2D eigenvalue weighted by atomic mass is 9.92. The van der Waals surface area contributed by atoms with Crippen LogP contribution < -0.4 is 0 Å². The van der Waals surface area contributed by atoms with Crippen molar-refractivity contribution < 1.29 is 114 Å². The number of ether oxygens (including phenoxy) is 6. The molecule has 0 aliphatic carbocycles. The molecule has 12 N–H and O–H groups in total. The lowest BCUT2D eigenvalue weighted by Crippen LogP contribution is -2.68. The van der Waals surface area contributed by atoms with Gasteiger partial charge >= 0.3 is 29.8 Å². The van der Waals surface area contributed by atoms with E-state index in [2.05, 4.69) is 0 Å². The first-order valence-corrected chi connectivity index (χ1v) is 16.7. The fourth-order valence-electron chi connectivity index (χ4n) is 5.76. The highest BCUT2D eigenvalue weighted by Crippen LogP contribution is 2.42. The molecule has 5 rings (SSSR count). The Balaban J connectivity index is 1.67. The van der Waals surface area contributed by atoms with E-state index in [0.29, 0.717) is 48.5 Å². The van der Waals surface area contributed by atoms with Crippen LogP contribution in [0.5, 0.6) is 69.0 Å². The maximum Gasteiger partial charge on any atom is 0.339 e. The van der Waals surface area contributed by atoms with Crippen molar-refractivity contribution in [3.8, 4) is 69.0 Å². The monoisotopic (exact) mass is 844 g/mol. The average Bonchev–Trinajstić information content (AvgIpc) is 3.17. The van der Waals surface area contributed by atoms with E-state index in [0.717, 1.165) is 13.8 Å². The van der Waals surface area contributed by atoms with Gasteiger partial charge in [0.25, 0.3) is 5.79 Å². The van der Waals surface area contributed by atoms with E-state index in [-0.39, 0.29) is 0 Å². The number of esters is 5. The molecule has 0 saturated carbocycles. The molecule has 1 saturated heterocycles. The van der Waals surface area contributed by atoms with E-state index in [1.807, 2.05) is 0 Å². The van der Waals surface area contributed by atoms with Crippen molar-refractivity contribution in [3.05, 3.63) is 70.8 Å². The molecule has 4 aromatic carbocycles. The predicted octanol–water partition coefficient (Wildman–Crippen LogP) is 1.67.